The van der Waals surface area contributed by atoms with Gasteiger partial charge in [-0.3, -0.25) is 19.6 Å². The van der Waals surface area contributed by atoms with Crippen LogP contribution in [0.1, 0.15) is 88.9 Å². The molecular formula is C32H51ClN6O5S. The van der Waals surface area contributed by atoms with Crippen LogP contribution in [0.2, 0.25) is 0 Å². The minimum atomic E-state index is -3.60. The summed E-state index contributed by atoms with van der Waals surface area (Å²) < 4.78 is 27.8. The zero-order valence-electron chi connectivity index (χ0n) is 27.7. The zero-order valence-corrected chi connectivity index (χ0v) is 29.3. The third kappa shape index (κ3) is 6.95. The van der Waals surface area contributed by atoms with Gasteiger partial charge < -0.3 is 15.3 Å². The third-order valence-corrected chi connectivity index (χ3v) is 11.6. The van der Waals surface area contributed by atoms with E-state index in [2.05, 4.69) is 27.3 Å². The number of aromatic nitrogens is 2. The monoisotopic (exact) mass is 666 g/mol. The highest BCUT2D eigenvalue weighted by Crippen LogP contribution is 2.40. The number of carbonyl (C=O) groups is 2. The number of nitrogens with zero attached hydrogens (tertiary/aromatic N) is 4. The topological polar surface area (TPSA) is 139 Å². The minimum Gasteiger partial charge on any atom is -0.390 e. The number of aryl methyl sites for hydroxylation is 2. The summed E-state index contributed by atoms with van der Waals surface area (Å²) in [6.45, 7) is 15.7. The fraction of sp³-hybridized carbons (Fsp3) is 0.656. The second-order valence-electron chi connectivity index (χ2n) is 12.5. The summed E-state index contributed by atoms with van der Waals surface area (Å²) in [5.74, 6) is -0.588. The molecule has 2 aliphatic heterocycles. The van der Waals surface area contributed by atoms with Crippen LogP contribution < -0.4 is 5.32 Å². The number of likely N-dealkylation sites (tertiary alicyclic amines) is 1. The molecule has 0 aliphatic carbocycles. The summed E-state index contributed by atoms with van der Waals surface area (Å²) in [6, 6.07) is 5.92. The van der Waals surface area contributed by atoms with Gasteiger partial charge in [0.2, 0.25) is 21.8 Å². The van der Waals surface area contributed by atoms with E-state index >= 15 is 0 Å². The quantitative estimate of drug-likeness (QED) is 0.315. The largest absolute Gasteiger partial charge is 0.390 e. The summed E-state index contributed by atoms with van der Waals surface area (Å²) >= 11 is 0. The molecule has 0 bridgehead atoms. The summed E-state index contributed by atoms with van der Waals surface area (Å²) in [5, 5.41) is 21.2. The molecule has 13 heteroatoms. The Hall–Kier alpha value is -2.51. The number of nitrogens with one attached hydrogen (secondary N) is 2. The van der Waals surface area contributed by atoms with E-state index in [1.165, 1.54) is 4.31 Å². The second-order valence-corrected chi connectivity index (χ2v) is 14.4. The number of piperazine rings is 1. The fourth-order valence-corrected chi connectivity index (χ4v) is 8.26. The molecule has 3 atom stereocenters. The average molecular weight is 667 g/mol. The van der Waals surface area contributed by atoms with Crippen LogP contribution >= 0.6 is 12.4 Å². The van der Waals surface area contributed by atoms with Gasteiger partial charge in [-0.15, -0.1) is 12.4 Å². The Morgan fingerprint density at radius 1 is 1.07 bits per heavy atom. The predicted octanol–water partition coefficient (Wildman–Crippen LogP) is 3.55. The van der Waals surface area contributed by atoms with E-state index < -0.39 is 27.7 Å². The van der Waals surface area contributed by atoms with Crippen LogP contribution in [0.15, 0.2) is 29.2 Å². The lowest BCUT2D eigenvalue weighted by atomic mass is 9.79. The van der Waals surface area contributed by atoms with Gasteiger partial charge in [-0.25, -0.2) is 8.42 Å². The molecule has 2 saturated heterocycles. The van der Waals surface area contributed by atoms with Crippen LogP contribution in [-0.2, 0) is 19.6 Å². The Bertz CT molecular complexity index is 1400. The number of unbranched alkanes of at least 4 members (excludes halogenated alkanes) is 1. The molecule has 0 saturated carbocycles. The Balaban J connectivity index is 0.00000552. The summed E-state index contributed by atoms with van der Waals surface area (Å²) in [6.07, 6.45) is 1.58. The lowest BCUT2D eigenvalue weighted by Gasteiger charge is -2.53. The van der Waals surface area contributed by atoms with E-state index in [1.54, 1.807) is 17.0 Å². The zero-order chi connectivity index (χ0) is 32.4. The maximum atomic E-state index is 13.8. The van der Waals surface area contributed by atoms with E-state index in [4.69, 9.17) is 0 Å². The summed E-state index contributed by atoms with van der Waals surface area (Å²) in [4.78, 5) is 31.9. The number of aromatic amines is 1. The first-order valence-electron chi connectivity index (χ1n) is 16.0. The molecular weight excluding hydrogens is 616 g/mol. The van der Waals surface area contributed by atoms with E-state index in [1.807, 2.05) is 53.7 Å². The Labute approximate surface area is 274 Å². The summed E-state index contributed by atoms with van der Waals surface area (Å²) in [5.41, 5.74) is 2.75. The SMILES string of the molecule is CCCCN1C(=O)[C@@H]([C@H](O)C(C)C)NC(=O)C12CCN(C(c1ccc(S(=O)(=O)N(CC)CC)cc1)c1c(C)n[nH]c1C)CC2.Cl. The van der Waals surface area contributed by atoms with E-state index in [9.17, 15) is 23.1 Å². The molecule has 2 aliphatic rings. The molecule has 3 N–H and O–H groups in total. The average Bonchev–Trinajstić information content (AvgIpc) is 3.33. The van der Waals surface area contributed by atoms with Gasteiger partial charge in [-0.1, -0.05) is 53.2 Å². The second kappa shape index (κ2) is 14.9. The molecule has 1 aromatic carbocycles. The van der Waals surface area contributed by atoms with Crippen molar-refractivity contribution < 1.29 is 23.1 Å². The number of piperidine rings is 1. The number of H-pyrrole nitrogens is 1. The standard InChI is InChI=1S/C32H50N6O5S.ClH/c1-8-11-18-38-30(40)27(29(39)21(4)5)33-31(41)32(38)16-19-36(20-17-32)28(26-22(6)34-35-23(26)7)24-12-14-25(15-13-24)44(42,43)37(9-2)10-3;/h12-15,21,27-29,39H,8-11,16-20H2,1-7H3,(H,33,41)(H,34,35);1H/t27-,28?,29-;/m1./s1. The number of sulfonamides is 1. The van der Waals surface area contributed by atoms with Crippen LogP contribution in [-0.4, -0.2) is 100 Å². The smallest absolute Gasteiger partial charge is 0.248 e. The molecule has 2 amide bonds. The van der Waals surface area contributed by atoms with E-state index in [0.29, 0.717) is 45.6 Å². The molecule has 3 heterocycles. The van der Waals surface area contributed by atoms with Crippen LogP contribution in [0.3, 0.4) is 0 Å². The molecule has 4 rings (SSSR count). The first-order chi connectivity index (χ1) is 20.8. The number of halogens is 1. The van der Waals surface area contributed by atoms with Gasteiger partial charge >= 0.3 is 0 Å². The molecule has 1 spiro atoms. The van der Waals surface area contributed by atoms with Gasteiger partial charge in [0.1, 0.15) is 11.6 Å². The molecule has 11 nitrogen and oxygen atoms in total. The molecule has 2 fully saturated rings. The fourth-order valence-electron chi connectivity index (χ4n) is 6.80. The van der Waals surface area contributed by atoms with Crippen molar-refractivity contribution in [2.24, 2.45) is 5.92 Å². The minimum absolute atomic E-state index is 0. The van der Waals surface area contributed by atoms with Crippen molar-refractivity contribution in [3.05, 3.63) is 46.8 Å². The number of hydrogen-bond acceptors (Lipinski definition) is 7. The Kier molecular flexibility index (Phi) is 12.3. The van der Waals surface area contributed by atoms with Gasteiger partial charge in [-0.2, -0.15) is 9.40 Å². The van der Waals surface area contributed by atoms with Gasteiger partial charge in [-0.05, 0) is 56.7 Å². The number of carbonyl (C=O) groups excluding carboxylic acids is 2. The lowest BCUT2D eigenvalue weighted by molar-refractivity contribution is -0.165. The number of amides is 2. The van der Waals surface area contributed by atoms with Gasteiger partial charge in [0, 0.05) is 44.0 Å². The maximum absolute atomic E-state index is 13.8. The van der Waals surface area contributed by atoms with Crippen molar-refractivity contribution >= 4 is 34.2 Å². The van der Waals surface area contributed by atoms with Crippen molar-refractivity contribution in [1.82, 2.24) is 29.6 Å². The highest BCUT2D eigenvalue weighted by Gasteiger charge is 2.55. The highest BCUT2D eigenvalue weighted by atomic mass is 35.5. The normalized spacial score (nSPS) is 20.4. The summed E-state index contributed by atoms with van der Waals surface area (Å²) in [7, 11) is -3.60. The van der Waals surface area contributed by atoms with Crippen molar-refractivity contribution in [2.75, 3.05) is 32.7 Å². The molecule has 1 unspecified atom stereocenters. The van der Waals surface area contributed by atoms with Crippen molar-refractivity contribution in [3.8, 4) is 0 Å². The van der Waals surface area contributed by atoms with Crippen LogP contribution in [0, 0.1) is 19.8 Å². The number of hydrogen-bond donors (Lipinski definition) is 3. The first kappa shape index (κ1) is 37.0. The molecule has 2 aromatic rings. The molecule has 0 radical (unpaired) electrons. The van der Waals surface area contributed by atoms with Crippen LogP contribution in [0.4, 0.5) is 0 Å². The maximum Gasteiger partial charge on any atom is 0.248 e. The van der Waals surface area contributed by atoms with Gasteiger partial charge in [0.25, 0.3) is 0 Å². The number of benzene rings is 1. The molecule has 1 aromatic heterocycles. The first-order valence-corrected chi connectivity index (χ1v) is 17.4. The van der Waals surface area contributed by atoms with Crippen molar-refractivity contribution in [1.29, 1.82) is 0 Å². The molecule has 45 heavy (non-hydrogen) atoms. The number of aliphatic hydroxyl groups is 1. The predicted molar refractivity (Wildman–Crippen MR) is 177 cm³/mol. The van der Waals surface area contributed by atoms with Gasteiger partial charge in [0.05, 0.1) is 22.7 Å². The Morgan fingerprint density at radius 2 is 1.67 bits per heavy atom. The van der Waals surface area contributed by atoms with Crippen molar-refractivity contribution in [3.63, 3.8) is 0 Å². The third-order valence-electron chi connectivity index (χ3n) is 9.51. The lowest BCUT2D eigenvalue weighted by Crippen LogP contribution is -2.75. The van der Waals surface area contributed by atoms with Crippen LogP contribution in [0.5, 0.6) is 0 Å². The number of aliphatic hydroxyl groups excluding tert-OH is 1. The Morgan fingerprint density at radius 3 is 2.16 bits per heavy atom. The van der Waals surface area contributed by atoms with Gasteiger partial charge in [0.15, 0.2) is 0 Å². The number of rotatable bonds is 12. The van der Waals surface area contributed by atoms with Crippen molar-refractivity contribution in [2.45, 2.75) is 103 Å². The van der Waals surface area contributed by atoms with Crippen LogP contribution in [0.25, 0.3) is 0 Å². The van der Waals surface area contributed by atoms with E-state index in [-0.39, 0.29) is 41.1 Å². The highest BCUT2D eigenvalue weighted by molar-refractivity contribution is 7.89. The van der Waals surface area contributed by atoms with E-state index in [0.717, 1.165) is 35.4 Å². The molecule has 252 valence electrons.